The summed E-state index contributed by atoms with van der Waals surface area (Å²) in [4.78, 5) is 8.34. The highest BCUT2D eigenvalue weighted by atomic mass is 32.2. The molecule has 74 valence electrons. The van der Waals surface area contributed by atoms with Crippen molar-refractivity contribution in [2.24, 2.45) is 0 Å². The lowest BCUT2D eigenvalue weighted by atomic mass is 10.3. The normalized spacial score (nSPS) is 11.1. The Balaban J connectivity index is 2.67. The third-order valence-electron chi connectivity index (χ3n) is 1.87. The second-order valence-electron chi connectivity index (χ2n) is 2.86. The van der Waals surface area contributed by atoms with Crippen LogP contribution in [0.25, 0.3) is 5.78 Å². The van der Waals surface area contributed by atoms with Gasteiger partial charge in [0, 0.05) is 5.69 Å². The monoisotopic (exact) mass is 210 g/mol. The molecule has 0 aliphatic rings. The quantitative estimate of drug-likeness (QED) is 0.737. The van der Waals surface area contributed by atoms with Crippen LogP contribution in [0.1, 0.15) is 11.4 Å². The summed E-state index contributed by atoms with van der Waals surface area (Å²) in [5.74, 6) is 0.540. The first-order chi connectivity index (χ1) is 6.74. The molecule has 2 aromatic rings. The second kappa shape index (κ2) is 3.55. The van der Waals surface area contributed by atoms with Crippen molar-refractivity contribution in [1.29, 1.82) is 0 Å². The SMILES string of the molecule is CSc1nc2nc(CO)cc(C)n2n1. The van der Waals surface area contributed by atoms with E-state index >= 15 is 0 Å². The highest BCUT2D eigenvalue weighted by Crippen LogP contribution is 2.11. The zero-order valence-corrected chi connectivity index (χ0v) is 8.75. The molecule has 2 heterocycles. The van der Waals surface area contributed by atoms with Crippen LogP contribution in [0, 0.1) is 6.92 Å². The first kappa shape index (κ1) is 9.42. The maximum atomic E-state index is 8.96. The highest BCUT2D eigenvalue weighted by Gasteiger charge is 2.07. The minimum Gasteiger partial charge on any atom is -0.390 e. The smallest absolute Gasteiger partial charge is 0.253 e. The molecule has 2 aromatic heterocycles. The maximum absolute atomic E-state index is 8.96. The molecule has 5 nitrogen and oxygen atoms in total. The summed E-state index contributed by atoms with van der Waals surface area (Å²) in [6.45, 7) is 1.84. The molecule has 0 spiro atoms. The Labute approximate surface area is 85.2 Å². The van der Waals surface area contributed by atoms with Crippen LogP contribution in [-0.2, 0) is 6.61 Å². The molecule has 1 N–H and O–H groups in total. The molecule has 0 fully saturated rings. The van der Waals surface area contributed by atoms with Gasteiger partial charge in [-0.05, 0) is 19.2 Å². The third-order valence-corrected chi connectivity index (χ3v) is 2.41. The van der Waals surface area contributed by atoms with Crippen molar-refractivity contribution >= 4 is 17.5 Å². The Bertz CT molecular complexity index is 468. The summed E-state index contributed by atoms with van der Waals surface area (Å²) in [5.41, 5.74) is 1.54. The van der Waals surface area contributed by atoms with Gasteiger partial charge in [-0.3, -0.25) is 0 Å². The van der Waals surface area contributed by atoms with Gasteiger partial charge in [-0.2, -0.15) is 4.98 Å². The standard InChI is InChI=1S/C8H10N4OS/c1-5-3-6(4-13)9-7-10-8(14-2)11-12(5)7/h3,13H,4H2,1-2H3. The Morgan fingerprint density at radius 1 is 1.50 bits per heavy atom. The van der Waals surface area contributed by atoms with Gasteiger partial charge in [0.05, 0.1) is 12.3 Å². The average Bonchev–Trinajstić information content (AvgIpc) is 2.61. The number of hydrogen-bond acceptors (Lipinski definition) is 5. The summed E-state index contributed by atoms with van der Waals surface area (Å²) in [6, 6.07) is 1.80. The van der Waals surface area contributed by atoms with Crippen LogP contribution in [0.5, 0.6) is 0 Å². The molecule has 0 radical (unpaired) electrons. The molecule has 2 rings (SSSR count). The number of hydrogen-bond donors (Lipinski definition) is 1. The van der Waals surface area contributed by atoms with Gasteiger partial charge in [0.25, 0.3) is 5.78 Å². The van der Waals surface area contributed by atoms with Crippen LogP contribution in [-0.4, -0.2) is 30.9 Å². The molecule has 0 atom stereocenters. The van der Waals surface area contributed by atoms with E-state index in [9.17, 15) is 0 Å². The van der Waals surface area contributed by atoms with E-state index in [1.165, 1.54) is 11.8 Å². The minimum absolute atomic E-state index is 0.0706. The molecule has 0 aromatic carbocycles. The third kappa shape index (κ3) is 1.46. The van der Waals surface area contributed by atoms with Crippen LogP contribution >= 0.6 is 11.8 Å². The van der Waals surface area contributed by atoms with Gasteiger partial charge in [-0.1, -0.05) is 11.8 Å². The zero-order valence-electron chi connectivity index (χ0n) is 7.93. The van der Waals surface area contributed by atoms with Crippen LogP contribution in [0.15, 0.2) is 11.2 Å². The van der Waals surface area contributed by atoms with Crippen LogP contribution in [0.3, 0.4) is 0 Å². The summed E-state index contributed by atoms with van der Waals surface area (Å²) < 4.78 is 1.67. The number of aliphatic hydroxyl groups excluding tert-OH is 1. The van der Waals surface area contributed by atoms with Gasteiger partial charge in [-0.15, -0.1) is 5.10 Å². The van der Waals surface area contributed by atoms with E-state index in [0.717, 1.165) is 5.69 Å². The fourth-order valence-corrected chi connectivity index (χ4v) is 1.56. The van der Waals surface area contributed by atoms with Gasteiger partial charge in [0.2, 0.25) is 5.16 Å². The van der Waals surface area contributed by atoms with E-state index in [1.54, 1.807) is 10.6 Å². The molecule has 0 saturated carbocycles. The van der Waals surface area contributed by atoms with E-state index in [-0.39, 0.29) is 6.61 Å². The van der Waals surface area contributed by atoms with E-state index in [0.29, 0.717) is 16.6 Å². The van der Waals surface area contributed by atoms with Gasteiger partial charge >= 0.3 is 0 Å². The van der Waals surface area contributed by atoms with Gasteiger partial charge < -0.3 is 5.11 Å². The highest BCUT2D eigenvalue weighted by molar-refractivity contribution is 7.98. The molecular formula is C8H10N4OS. The predicted molar refractivity (Wildman–Crippen MR) is 53.2 cm³/mol. The molecule has 6 heteroatoms. The number of aryl methyl sites for hydroxylation is 1. The molecule has 0 unspecified atom stereocenters. The Morgan fingerprint density at radius 2 is 2.29 bits per heavy atom. The van der Waals surface area contributed by atoms with Crippen molar-refractivity contribution in [3.63, 3.8) is 0 Å². The number of aromatic nitrogens is 4. The first-order valence-electron chi connectivity index (χ1n) is 4.12. The fraction of sp³-hybridized carbons (Fsp3) is 0.375. The van der Waals surface area contributed by atoms with E-state index < -0.39 is 0 Å². The van der Waals surface area contributed by atoms with Crippen molar-refractivity contribution in [3.05, 3.63) is 17.5 Å². The van der Waals surface area contributed by atoms with Gasteiger partial charge in [-0.25, -0.2) is 9.50 Å². The van der Waals surface area contributed by atoms with Gasteiger partial charge in [0.15, 0.2) is 0 Å². The predicted octanol–water partition coefficient (Wildman–Crippen LogP) is 0.647. The second-order valence-corrected chi connectivity index (χ2v) is 3.63. The molecule has 0 aliphatic carbocycles. The topological polar surface area (TPSA) is 63.3 Å². The Hall–Kier alpha value is -1.14. The number of aliphatic hydroxyl groups is 1. The lowest BCUT2D eigenvalue weighted by Crippen LogP contribution is -2.00. The maximum Gasteiger partial charge on any atom is 0.253 e. The number of nitrogens with zero attached hydrogens (tertiary/aromatic N) is 4. The van der Waals surface area contributed by atoms with Crippen molar-refractivity contribution in [2.45, 2.75) is 18.7 Å². The fourth-order valence-electron chi connectivity index (χ4n) is 1.22. The molecule has 14 heavy (non-hydrogen) atoms. The molecule has 0 aliphatic heterocycles. The molecule has 0 amide bonds. The van der Waals surface area contributed by atoms with E-state index in [2.05, 4.69) is 15.1 Å². The summed E-state index contributed by atoms with van der Waals surface area (Å²) in [7, 11) is 0. The molecule has 0 bridgehead atoms. The lowest BCUT2D eigenvalue weighted by molar-refractivity contribution is 0.276. The lowest BCUT2D eigenvalue weighted by Gasteiger charge is -1.99. The summed E-state index contributed by atoms with van der Waals surface area (Å²) in [5, 5.41) is 13.9. The van der Waals surface area contributed by atoms with Crippen molar-refractivity contribution < 1.29 is 5.11 Å². The largest absolute Gasteiger partial charge is 0.390 e. The van der Waals surface area contributed by atoms with Crippen LogP contribution in [0.2, 0.25) is 0 Å². The molecular weight excluding hydrogens is 200 g/mol. The first-order valence-corrected chi connectivity index (χ1v) is 5.35. The zero-order chi connectivity index (χ0) is 10.1. The number of fused-ring (bicyclic) bond motifs is 1. The van der Waals surface area contributed by atoms with E-state index in [4.69, 9.17) is 5.11 Å². The Morgan fingerprint density at radius 3 is 2.93 bits per heavy atom. The van der Waals surface area contributed by atoms with Crippen LogP contribution < -0.4 is 0 Å². The van der Waals surface area contributed by atoms with Gasteiger partial charge in [0.1, 0.15) is 0 Å². The number of rotatable bonds is 2. The summed E-state index contributed by atoms with van der Waals surface area (Å²) in [6.07, 6.45) is 1.91. The van der Waals surface area contributed by atoms with E-state index in [1.807, 2.05) is 13.2 Å². The van der Waals surface area contributed by atoms with Crippen LogP contribution in [0.4, 0.5) is 0 Å². The van der Waals surface area contributed by atoms with Crippen molar-refractivity contribution in [2.75, 3.05) is 6.26 Å². The van der Waals surface area contributed by atoms with Crippen molar-refractivity contribution in [1.82, 2.24) is 19.6 Å². The summed E-state index contributed by atoms with van der Waals surface area (Å²) >= 11 is 1.47. The average molecular weight is 210 g/mol. The molecule has 0 saturated heterocycles. The minimum atomic E-state index is -0.0706. The van der Waals surface area contributed by atoms with Crippen molar-refractivity contribution in [3.8, 4) is 0 Å². The Kier molecular flexibility index (Phi) is 2.39. The number of thioether (sulfide) groups is 1.